The van der Waals surface area contributed by atoms with E-state index in [9.17, 15) is 0 Å². The summed E-state index contributed by atoms with van der Waals surface area (Å²) >= 11 is 0. The van der Waals surface area contributed by atoms with E-state index in [1.165, 1.54) is 54.7 Å². The topological polar surface area (TPSA) is 14.2 Å². The van der Waals surface area contributed by atoms with E-state index >= 15 is 0 Å². The van der Waals surface area contributed by atoms with Crippen LogP contribution in [0.1, 0.15) is 0 Å². The molecular weight excluding hydrogens is 583 g/mol. The predicted octanol–water partition coefficient (Wildman–Crippen LogP) is 12.4. The van der Waals surface area contributed by atoms with E-state index in [1.54, 1.807) is 0 Å². The number of para-hydroxylation sites is 3. The molecule has 3 heteroatoms. The smallest absolute Gasteiger partial charge is 0.187 e. The van der Waals surface area contributed by atoms with Crippen molar-refractivity contribution < 1.29 is 0 Å². The molecule has 0 atom stereocenters. The highest BCUT2D eigenvalue weighted by Crippen LogP contribution is 2.39. The molecule has 0 aliphatic rings. The van der Waals surface area contributed by atoms with Gasteiger partial charge in [-0.3, -0.25) is 0 Å². The van der Waals surface area contributed by atoms with Crippen molar-refractivity contribution in [3.05, 3.63) is 175 Å². The fourth-order valence-electron chi connectivity index (χ4n) is 7.67. The van der Waals surface area contributed by atoms with Crippen molar-refractivity contribution in [2.75, 3.05) is 0 Å². The summed E-state index contributed by atoms with van der Waals surface area (Å²) < 4.78 is 4.77. The lowest BCUT2D eigenvalue weighted by Gasteiger charge is -2.12. The molecule has 0 spiro atoms. The number of hydrogen-bond donors (Lipinski definition) is 0. The van der Waals surface area contributed by atoms with Crippen molar-refractivity contribution in [3.63, 3.8) is 0 Å². The lowest BCUT2D eigenvalue weighted by Crippen LogP contribution is -1.95. The van der Waals surface area contributed by atoms with E-state index in [0.717, 1.165) is 32.9 Å². The van der Waals surface area contributed by atoms with Gasteiger partial charge in [0.05, 0.1) is 28.6 Å². The number of fused-ring (bicyclic) bond motifs is 9. The zero-order valence-corrected chi connectivity index (χ0v) is 25.9. The van der Waals surface area contributed by atoms with Gasteiger partial charge in [0.2, 0.25) is 0 Å². The molecule has 48 heavy (non-hydrogen) atoms. The van der Waals surface area contributed by atoms with Crippen LogP contribution in [0, 0.1) is 6.57 Å². The molecule has 10 rings (SSSR count). The van der Waals surface area contributed by atoms with Gasteiger partial charge in [0, 0.05) is 32.9 Å². The molecule has 3 nitrogen and oxygen atoms in total. The number of benzene rings is 8. The van der Waals surface area contributed by atoms with Crippen LogP contribution < -0.4 is 0 Å². The summed E-state index contributed by atoms with van der Waals surface area (Å²) in [6.07, 6.45) is 0. The minimum absolute atomic E-state index is 0.658. The van der Waals surface area contributed by atoms with Gasteiger partial charge in [0.25, 0.3) is 0 Å². The van der Waals surface area contributed by atoms with E-state index in [0.29, 0.717) is 5.69 Å². The maximum atomic E-state index is 7.60. The average molecular weight is 610 g/mol. The second kappa shape index (κ2) is 10.2. The van der Waals surface area contributed by atoms with Gasteiger partial charge in [0.1, 0.15) is 0 Å². The third-order valence-electron chi connectivity index (χ3n) is 9.89. The molecule has 0 unspecified atom stereocenters. The monoisotopic (exact) mass is 609 g/mol. The van der Waals surface area contributed by atoms with Crippen molar-refractivity contribution >= 4 is 70.8 Å². The second-order valence-electron chi connectivity index (χ2n) is 12.5. The van der Waals surface area contributed by atoms with Crippen molar-refractivity contribution in [1.82, 2.24) is 9.13 Å². The summed E-state index contributed by atoms with van der Waals surface area (Å²) in [5.41, 5.74) is 10.0. The minimum atomic E-state index is 0.658. The summed E-state index contributed by atoms with van der Waals surface area (Å²) in [6.45, 7) is 7.60. The van der Waals surface area contributed by atoms with E-state index in [-0.39, 0.29) is 0 Å². The number of aromatic nitrogens is 2. The molecule has 2 aromatic heterocycles. The van der Waals surface area contributed by atoms with Crippen LogP contribution in [0.15, 0.2) is 164 Å². The molecule has 0 aliphatic heterocycles. The standard InChI is InChI=1S/C45H27N3/c1-46-33-21-17-29-15-16-30-18-22-35(28-41(30)40(29)27-33)48-43-14-8-6-12-37(43)39-24-20-32(26-45(39)48)31-19-23-38-36-11-5-7-13-42(36)47(44(38)25-31)34-9-3-2-4-10-34/h2-28H. The molecule has 10 aromatic rings. The van der Waals surface area contributed by atoms with Crippen LogP contribution in [0.2, 0.25) is 0 Å². The van der Waals surface area contributed by atoms with Gasteiger partial charge in [-0.25, -0.2) is 4.85 Å². The summed E-state index contributed by atoms with van der Waals surface area (Å²) in [4.78, 5) is 3.72. The Kier molecular flexibility index (Phi) is 5.64. The summed E-state index contributed by atoms with van der Waals surface area (Å²) in [5, 5.41) is 9.51. The van der Waals surface area contributed by atoms with Gasteiger partial charge >= 0.3 is 0 Å². The molecule has 0 bridgehead atoms. The first-order chi connectivity index (χ1) is 23.7. The molecule has 2 heterocycles. The van der Waals surface area contributed by atoms with Crippen molar-refractivity contribution in [2.45, 2.75) is 0 Å². The fraction of sp³-hybridized carbons (Fsp3) is 0. The van der Waals surface area contributed by atoms with Crippen molar-refractivity contribution in [2.24, 2.45) is 0 Å². The van der Waals surface area contributed by atoms with E-state index in [1.807, 2.05) is 12.1 Å². The van der Waals surface area contributed by atoms with E-state index in [2.05, 4.69) is 166 Å². The highest BCUT2D eigenvalue weighted by Gasteiger charge is 2.16. The Morgan fingerprint density at radius 2 is 0.854 bits per heavy atom. The predicted molar refractivity (Wildman–Crippen MR) is 202 cm³/mol. The highest BCUT2D eigenvalue weighted by atomic mass is 15.0. The first kappa shape index (κ1) is 26.6. The molecule has 0 radical (unpaired) electrons. The fourth-order valence-corrected chi connectivity index (χ4v) is 7.67. The Bertz CT molecular complexity index is 2950. The highest BCUT2D eigenvalue weighted by molar-refractivity contribution is 6.13. The van der Waals surface area contributed by atoms with Crippen LogP contribution in [0.3, 0.4) is 0 Å². The Balaban J connectivity index is 1.22. The molecule has 0 amide bonds. The maximum absolute atomic E-state index is 7.60. The molecular formula is C45H27N3. The van der Waals surface area contributed by atoms with Crippen LogP contribution in [0.5, 0.6) is 0 Å². The normalized spacial score (nSPS) is 11.7. The van der Waals surface area contributed by atoms with Crippen LogP contribution in [-0.2, 0) is 0 Å². The molecule has 8 aromatic carbocycles. The largest absolute Gasteiger partial charge is 0.309 e. The molecule has 222 valence electrons. The third-order valence-corrected chi connectivity index (χ3v) is 9.89. The molecule has 0 saturated heterocycles. The van der Waals surface area contributed by atoms with Crippen LogP contribution >= 0.6 is 0 Å². The average Bonchev–Trinajstić information content (AvgIpc) is 3.67. The molecule has 0 N–H and O–H groups in total. The first-order valence-electron chi connectivity index (χ1n) is 16.2. The van der Waals surface area contributed by atoms with Gasteiger partial charge in [0.15, 0.2) is 5.69 Å². The van der Waals surface area contributed by atoms with Gasteiger partial charge < -0.3 is 9.13 Å². The lowest BCUT2D eigenvalue weighted by molar-refractivity contribution is 1.18. The van der Waals surface area contributed by atoms with Crippen LogP contribution in [0.4, 0.5) is 5.69 Å². The SMILES string of the molecule is [C-]#[N+]c1ccc2ccc3ccc(-n4c5ccccc5c5ccc(-c6ccc7c8ccccc8n(-c8ccccc8)c7c6)cc54)cc3c2c1. The summed E-state index contributed by atoms with van der Waals surface area (Å²) in [7, 11) is 0. The molecule has 0 fully saturated rings. The van der Waals surface area contributed by atoms with Gasteiger partial charge in [-0.15, -0.1) is 0 Å². The first-order valence-corrected chi connectivity index (χ1v) is 16.2. The van der Waals surface area contributed by atoms with Gasteiger partial charge in [-0.1, -0.05) is 109 Å². The van der Waals surface area contributed by atoms with E-state index in [4.69, 9.17) is 6.57 Å². The summed E-state index contributed by atoms with van der Waals surface area (Å²) in [5.74, 6) is 0. The Labute approximate surface area is 276 Å². The zero-order valence-electron chi connectivity index (χ0n) is 25.9. The van der Waals surface area contributed by atoms with Gasteiger partial charge in [-0.05, 0) is 87.3 Å². The zero-order chi connectivity index (χ0) is 31.8. The number of rotatable bonds is 3. The Hall–Kier alpha value is -6.63. The lowest BCUT2D eigenvalue weighted by atomic mass is 10.0. The van der Waals surface area contributed by atoms with Gasteiger partial charge in [-0.2, -0.15) is 0 Å². The van der Waals surface area contributed by atoms with Crippen molar-refractivity contribution in [1.29, 1.82) is 0 Å². The van der Waals surface area contributed by atoms with Crippen LogP contribution in [0.25, 0.3) is 92.5 Å². The summed E-state index contributed by atoms with van der Waals surface area (Å²) in [6, 6.07) is 58.7. The van der Waals surface area contributed by atoms with Crippen LogP contribution in [-0.4, -0.2) is 9.13 Å². The number of hydrogen-bond acceptors (Lipinski definition) is 0. The third kappa shape index (κ3) is 3.87. The van der Waals surface area contributed by atoms with E-state index < -0.39 is 0 Å². The number of nitrogens with zero attached hydrogens (tertiary/aromatic N) is 3. The second-order valence-corrected chi connectivity index (χ2v) is 12.5. The quantitative estimate of drug-likeness (QED) is 0.140. The van der Waals surface area contributed by atoms with Crippen molar-refractivity contribution in [3.8, 4) is 22.5 Å². The Morgan fingerprint density at radius 1 is 0.354 bits per heavy atom. The maximum Gasteiger partial charge on any atom is 0.187 e. The Morgan fingerprint density at radius 3 is 1.48 bits per heavy atom. The molecule has 0 aliphatic carbocycles. The molecule has 0 saturated carbocycles. The minimum Gasteiger partial charge on any atom is -0.309 e.